The third kappa shape index (κ3) is 4.13. The first-order valence-corrected chi connectivity index (χ1v) is 6.55. The quantitative estimate of drug-likeness (QED) is 0.726. The molecule has 0 radical (unpaired) electrons. The lowest BCUT2D eigenvalue weighted by molar-refractivity contribution is 0.178. The summed E-state index contributed by atoms with van der Waals surface area (Å²) in [5.74, 6) is 1.15. The molecule has 0 saturated heterocycles. The lowest BCUT2D eigenvalue weighted by Gasteiger charge is -2.25. The normalized spacial score (nSPS) is 14.8. The van der Waals surface area contributed by atoms with Crippen LogP contribution in [0.15, 0.2) is 12.4 Å². The van der Waals surface area contributed by atoms with E-state index in [1.165, 1.54) is 0 Å². The molecule has 0 saturated carbocycles. The molecule has 0 fully saturated rings. The van der Waals surface area contributed by atoms with E-state index >= 15 is 0 Å². The monoisotopic (exact) mass is 239 g/mol. The Bertz CT molecular complexity index is 318. The number of rotatable bonds is 8. The van der Waals surface area contributed by atoms with E-state index in [4.69, 9.17) is 5.73 Å². The Labute approximate surface area is 104 Å². The fourth-order valence-corrected chi connectivity index (χ4v) is 1.96. The number of aryl methyl sites for hydroxylation is 2. The van der Waals surface area contributed by atoms with Crippen LogP contribution in [0.25, 0.3) is 0 Å². The Balaban J connectivity index is 2.42. The fourth-order valence-electron chi connectivity index (χ4n) is 1.96. The van der Waals surface area contributed by atoms with E-state index in [0.717, 1.165) is 44.5 Å². The SMILES string of the molecule is CCCc1nccn1CCCC(N)(CC)CO. The zero-order chi connectivity index (χ0) is 12.7. The Morgan fingerprint density at radius 2 is 2.24 bits per heavy atom. The van der Waals surface area contributed by atoms with Crippen molar-refractivity contribution in [1.29, 1.82) is 0 Å². The van der Waals surface area contributed by atoms with Crippen LogP contribution >= 0.6 is 0 Å². The molecule has 17 heavy (non-hydrogen) atoms. The van der Waals surface area contributed by atoms with Gasteiger partial charge in [-0.3, -0.25) is 0 Å². The Morgan fingerprint density at radius 3 is 2.82 bits per heavy atom. The van der Waals surface area contributed by atoms with Crippen LogP contribution < -0.4 is 5.73 Å². The topological polar surface area (TPSA) is 64.1 Å². The summed E-state index contributed by atoms with van der Waals surface area (Å²) in [6, 6.07) is 0. The third-order valence-corrected chi connectivity index (χ3v) is 3.37. The highest BCUT2D eigenvalue weighted by Gasteiger charge is 2.20. The summed E-state index contributed by atoms with van der Waals surface area (Å²) < 4.78 is 2.19. The summed E-state index contributed by atoms with van der Waals surface area (Å²) in [5, 5.41) is 9.24. The van der Waals surface area contributed by atoms with Gasteiger partial charge in [-0.2, -0.15) is 0 Å². The first-order chi connectivity index (χ1) is 8.15. The Morgan fingerprint density at radius 1 is 1.47 bits per heavy atom. The van der Waals surface area contributed by atoms with Gasteiger partial charge in [0.1, 0.15) is 5.82 Å². The largest absolute Gasteiger partial charge is 0.394 e. The molecule has 0 aliphatic heterocycles. The van der Waals surface area contributed by atoms with Crippen molar-refractivity contribution in [3.63, 3.8) is 0 Å². The van der Waals surface area contributed by atoms with Gasteiger partial charge in [-0.15, -0.1) is 0 Å². The molecule has 0 aliphatic rings. The molecule has 0 aromatic carbocycles. The zero-order valence-electron chi connectivity index (χ0n) is 11.0. The van der Waals surface area contributed by atoms with E-state index in [1.54, 1.807) is 0 Å². The van der Waals surface area contributed by atoms with Crippen LogP contribution in [0.2, 0.25) is 0 Å². The number of aliphatic hydroxyl groups is 1. The van der Waals surface area contributed by atoms with Crippen molar-refractivity contribution < 1.29 is 5.11 Å². The molecule has 0 amide bonds. The first kappa shape index (κ1) is 14.2. The molecule has 1 unspecified atom stereocenters. The molecule has 0 bridgehead atoms. The minimum Gasteiger partial charge on any atom is -0.394 e. The minimum absolute atomic E-state index is 0.0647. The maximum atomic E-state index is 9.24. The van der Waals surface area contributed by atoms with Crippen molar-refractivity contribution in [2.24, 2.45) is 5.73 Å². The third-order valence-electron chi connectivity index (χ3n) is 3.37. The van der Waals surface area contributed by atoms with Crippen molar-refractivity contribution in [2.75, 3.05) is 6.61 Å². The fraction of sp³-hybridized carbons (Fsp3) is 0.769. The highest BCUT2D eigenvalue weighted by Crippen LogP contribution is 2.14. The Hall–Kier alpha value is -0.870. The molecule has 3 N–H and O–H groups in total. The van der Waals surface area contributed by atoms with Crippen molar-refractivity contribution in [3.05, 3.63) is 18.2 Å². The highest BCUT2D eigenvalue weighted by atomic mass is 16.3. The van der Waals surface area contributed by atoms with E-state index in [0.29, 0.717) is 0 Å². The lowest BCUT2D eigenvalue weighted by Crippen LogP contribution is -2.43. The summed E-state index contributed by atoms with van der Waals surface area (Å²) in [4.78, 5) is 4.34. The second-order valence-corrected chi connectivity index (χ2v) is 4.76. The van der Waals surface area contributed by atoms with Crippen molar-refractivity contribution >= 4 is 0 Å². The predicted octanol–water partition coefficient (Wildman–Crippen LogP) is 1.72. The molecular formula is C13H25N3O. The molecule has 98 valence electrons. The number of imidazole rings is 1. The molecule has 0 spiro atoms. The average molecular weight is 239 g/mol. The van der Waals surface area contributed by atoms with E-state index in [1.807, 2.05) is 19.3 Å². The molecule has 4 heteroatoms. The van der Waals surface area contributed by atoms with Crippen LogP contribution in [0.4, 0.5) is 0 Å². The van der Waals surface area contributed by atoms with Gasteiger partial charge in [0.15, 0.2) is 0 Å². The van der Waals surface area contributed by atoms with Gasteiger partial charge in [-0.1, -0.05) is 13.8 Å². The first-order valence-electron chi connectivity index (χ1n) is 6.55. The van der Waals surface area contributed by atoms with Gasteiger partial charge in [0.2, 0.25) is 0 Å². The van der Waals surface area contributed by atoms with Gasteiger partial charge in [0.25, 0.3) is 0 Å². The zero-order valence-corrected chi connectivity index (χ0v) is 11.0. The molecule has 1 atom stereocenters. The van der Waals surface area contributed by atoms with Crippen LogP contribution in [0, 0.1) is 0 Å². The van der Waals surface area contributed by atoms with Crippen LogP contribution in [-0.2, 0) is 13.0 Å². The average Bonchev–Trinajstić information content (AvgIpc) is 2.77. The standard InChI is InChI=1S/C13H25N3O/c1-3-6-12-15-8-10-16(12)9-5-7-13(14,4-2)11-17/h8,10,17H,3-7,9,11,14H2,1-2H3. The van der Waals surface area contributed by atoms with Gasteiger partial charge in [0.05, 0.1) is 6.61 Å². The van der Waals surface area contributed by atoms with Gasteiger partial charge in [-0.25, -0.2) is 4.98 Å². The van der Waals surface area contributed by atoms with E-state index in [9.17, 15) is 5.11 Å². The van der Waals surface area contributed by atoms with Crippen LogP contribution in [-0.4, -0.2) is 26.8 Å². The maximum absolute atomic E-state index is 9.24. The molecule has 1 heterocycles. The second kappa shape index (κ2) is 6.77. The lowest BCUT2D eigenvalue weighted by atomic mass is 9.93. The number of hydrogen-bond donors (Lipinski definition) is 2. The van der Waals surface area contributed by atoms with Gasteiger partial charge >= 0.3 is 0 Å². The van der Waals surface area contributed by atoms with Gasteiger partial charge < -0.3 is 15.4 Å². The summed E-state index contributed by atoms with van der Waals surface area (Å²) in [6.45, 7) is 5.19. The van der Waals surface area contributed by atoms with Crippen molar-refractivity contribution in [3.8, 4) is 0 Å². The molecule has 4 nitrogen and oxygen atoms in total. The predicted molar refractivity (Wildman–Crippen MR) is 69.8 cm³/mol. The van der Waals surface area contributed by atoms with Crippen LogP contribution in [0.3, 0.4) is 0 Å². The van der Waals surface area contributed by atoms with E-state index < -0.39 is 5.54 Å². The highest BCUT2D eigenvalue weighted by molar-refractivity contribution is 4.92. The number of aliphatic hydroxyl groups excluding tert-OH is 1. The molecule has 0 aliphatic carbocycles. The molecule has 1 aromatic rings. The minimum atomic E-state index is -0.411. The van der Waals surface area contributed by atoms with E-state index in [2.05, 4.69) is 16.5 Å². The second-order valence-electron chi connectivity index (χ2n) is 4.76. The summed E-state index contributed by atoms with van der Waals surface area (Å²) in [7, 11) is 0. The van der Waals surface area contributed by atoms with E-state index in [-0.39, 0.29) is 6.61 Å². The summed E-state index contributed by atoms with van der Waals surface area (Å²) >= 11 is 0. The number of nitrogens with two attached hydrogens (primary N) is 1. The van der Waals surface area contributed by atoms with Gasteiger partial charge in [-0.05, 0) is 25.7 Å². The van der Waals surface area contributed by atoms with Crippen molar-refractivity contribution in [1.82, 2.24) is 9.55 Å². The maximum Gasteiger partial charge on any atom is 0.108 e. The van der Waals surface area contributed by atoms with Gasteiger partial charge in [0, 0.05) is 30.9 Å². The van der Waals surface area contributed by atoms with Crippen molar-refractivity contribution in [2.45, 2.75) is 58.0 Å². The molecular weight excluding hydrogens is 214 g/mol. The van der Waals surface area contributed by atoms with Crippen LogP contribution in [0.5, 0.6) is 0 Å². The number of nitrogens with zero attached hydrogens (tertiary/aromatic N) is 2. The number of hydrogen-bond acceptors (Lipinski definition) is 3. The van der Waals surface area contributed by atoms with Crippen LogP contribution in [0.1, 0.15) is 45.4 Å². The number of aromatic nitrogens is 2. The Kier molecular flexibility index (Phi) is 5.65. The molecule has 1 rings (SSSR count). The summed E-state index contributed by atoms with van der Waals surface area (Å²) in [5.41, 5.74) is 5.65. The molecule has 1 aromatic heterocycles. The smallest absolute Gasteiger partial charge is 0.108 e. The summed E-state index contributed by atoms with van der Waals surface area (Å²) in [6.07, 6.45) is 8.66.